The summed E-state index contributed by atoms with van der Waals surface area (Å²) in [5, 5.41) is 9.40. The van der Waals surface area contributed by atoms with Crippen LogP contribution in [0, 0.1) is 5.82 Å². The summed E-state index contributed by atoms with van der Waals surface area (Å²) in [6.07, 6.45) is 4.13. The van der Waals surface area contributed by atoms with E-state index in [0.717, 1.165) is 24.8 Å². The fourth-order valence-electron chi connectivity index (χ4n) is 1.93. The summed E-state index contributed by atoms with van der Waals surface area (Å²) in [5.74, 6) is -0.328. The summed E-state index contributed by atoms with van der Waals surface area (Å²) in [4.78, 5) is 0. The Balaban J connectivity index is 2.66. The van der Waals surface area contributed by atoms with Crippen molar-refractivity contribution in [1.82, 2.24) is 0 Å². The molecule has 0 radical (unpaired) electrons. The van der Waals surface area contributed by atoms with Crippen LogP contribution >= 0.6 is 11.6 Å². The van der Waals surface area contributed by atoms with Gasteiger partial charge in [0.25, 0.3) is 0 Å². The number of aliphatic hydroxyl groups excluding tert-OH is 1. The number of aryl methyl sites for hydroxylation is 1. The van der Waals surface area contributed by atoms with Gasteiger partial charge < -0.3 is 15.6 Å². The Kier molecular flexibility index (Phi) is 7.43. The molecule has 0 saturated carbocycles. The third-order valence-electron chi connectivity index (χ3n) is 3.40. The number of hydrogen-bond donors (Lipinski definition) is 2. The maximum atomic E-state index is 14.0. The van der Waals surface area contributed by atoms with Gasteiger partial charge in [0.2, 0.25) is 0 Å². The van der Waals surface area contributed by atoms with Gasteiger partial charge in [-0.2, -0.15) is 0 Å². The molecule has 0 amide bonds. The van der Waals surface area contributed by atoms with Crippen LogP contribution in [0.25, 0.3) is 0 Å². The second-order valence-corrected chi connectivity index (χ2v) is 6.16. The van der Waals surface area contributed by atoms with Crippen molar-refractivity contribution in [2.24, 2.45) is 5.73 Å². The minimum atomic E-state index is -0.668. The van der Waals surface area contributed by atoms with E-state index in [1.165, 1.54) is 6.07 Å². The number of rotatable bonds is 9. The SMILES string of the molecule is CCCCCOc1c(F)cc(CCC(C)(N)CO)cc1Cl. The molecule has 120 valence electrons. The smallest absolute Gasteiger partial charge is 0.173 e. The van der Waals surface area contributed by atoms with Crippen LogP contribution in [-0.4, -0.2) is 23.9 Å². The van der Waals surface area contributed by atoms with E-state index >= 15 is 0 Å². The minimum absolute atomic E-state index is 0.109. The first-order valence-electron chi connectivity index (χ1n) is 7.40. The van der Waals surface area contributed by atoms with Crippen LogP contribution in [0.3, 0.4) is 0 Å². The molecule has 1 atom stereocenters. The zero-order valence-electron chi connectivity index (χ0n) is 12.8. The van der Waals surface area contributed by atoms with Crippen LogP contribution in [0.1, 0.15) is 45.1 Å². The fourth-order valence-corrected chi connectivity index (χ4v) is 2.21. The summed E-state index contributed by atoms with van der Waals surface area (Å²) < 4.78 is 19.5. The van der Waals surface area contributed by atoms with E-state index in [1.807, 2.05) is 0 Å². The lowest BCUT2D eigenvalue weighted by Crippen LogP contribution is -2.40. The van der Waals surface area contributed by atoms with E-state index < -0.39 is 11.4 Å². The maximum Gasteiger partial charge on any atom is 0.173 e. The molecule has 3 N–H and O–H groups in total. The van der Waals surface area contributed by atoms with E-state index in [9.17, 15) is 4.39 Å². The van der Waals surface area contributed by atoms with Gasteiger partial charge in [0, 0.05) is 5.54 Å². The lowest BCUT2D eigenvalue weighted by atomic mass is 9.95. The van der Waals surface area contributed by atoms with Crippen molar-refractivity contribution >= 4 is 11.6 Å². The molecule has 21 heavy (non-hydrogen) atoms. The first kappa shape index (κ1) is 18.2. The second kappa shape index (κ2) is 8.57. The quantitative estimate of drug-likeness (QED) is 0.683. The fraction of sp³-hybridized carbons (Fsp3) is 0.625. The Labute approximate surface area is 131 Å². The van der Waals surface area contributed by atoms with Crippen LogP contribution < -0.4 is 10.5 Å². The highest BCUT2D eigenvalue weighted by Crippen LogP contribution is 2.30. The molecule has 5 heteroatoms. The van der Waals surface area contributed by atoms with Gasteiger partial charge in [-0.15, -0.1) is 0 Å². The van der Waals surface area contributed by atoms with E-state index in [2.05, 4.69) is 6.92 Å². The standard InChI is InChI=1S/C16H25ClFNO2/c1-3-4-5-8-21-15-13(17)9-12(10-14(15)18)6-7-16(2,19)11-20/h9-10,20H,3-8,11,19H2,1-2H3. The molecule has 0 spiro atoms. The minimum Gasteiger partial charge on any atom is -0.489 e. The highest BCUT2D eigenvalue weighted by molar-refractivity contribution is 6.32. The summed E-state index contributed by atoms with van der Waals surface area (Å²) in [6, 6.07) is 3.13. The molecule has 1 aromatic rings. The molecule has 0 fully saturated rings. The first-order chi connectivity index (χ1) is 9.89. The molecule has 0 aliphatic rings. The Bertz CT molecular complexity index is 429. The van der Waals surface area contributed by atoms with Crippen LogP contribution in [0.4, 0.5) is 4.39 Å². The van der Waals surface area contributed by atoms with Gasteiger partial charge in [0.15, 0.2) is 11.6 Å². The molecular formula is C16H25ClFNO2. The Morgan fingerprint density at radius 2 is 2.10 bits per heavy atom. The van der Waals surface area contributed by atoms with Crippen molar-refractivity contribution in [3.8, 4) is 5.75 Å². The van der Waals surface area contributed by atoms with Crippen molar-refractivity contribution in [1.29, 1.82) is 0 Å². The normalized spacial score (nSPS) is 14.0. The van der Waals surface area contributed by atoms with Gasteiger partial charge in [-0.05, 0) is 43.9 Å². The third kappa shape index (κ3) is 6.20. The average molecular weight is 318 g/mol. The van der Waals surface area contributed by atoms with Gasteiger partial charge in [-0.3, -0.25) is 0 Å². The molecule has 0 aliphatic carbocycles. The monoisotopic (exact) mass is 317 g/mol. The van der Waals surface area contributed by atoms with E-state index in [-0.39, 0.29) is 17.4 Å². The molecule has 1 unspecified atom stereocenters. The lowest BCUT2D eigenvalue weighted by molar-refractivity contribution is 0.200. The maximum absolute atomic E-state index is 14.0. The molecule has 1 aromatic carbocycles. The van der Waals surface area contributed by atoms with Crippen molar-refractivity contribution < 1.29 is 14.2 Å². The number of unbranched alkanes of at least 4 members (excludes halogenated alkanes) is 2. The van der Waals surface area contributed by atoms with Crippen molar-refractivity contribution in [3.05, 3.63) is 28.5 Å². The Hall–Kier alpha value is -0.840. The zero-order valence-corrected chi connectivity index (χ0v) is 13.5. The van der Waals surface area contributed by atoms with Crippen LogP contribution in [-0.2, 0) is 6.42 Å². The highest BCUT2D eigenvalue weighted by atomic mass is 35.5. The van der Waals surface area contributed by atoms with Crippen molar-refractivity contribution in [2.75, 3.05) is 13.2 Å². The predicted molar refractivity (Wildman–Crippen MR) is 84.4 cm³/mol. The number of aliphatic hydroxyl groups is 1. The Morgan fingerprint density at radius 1 is 1.38 bits per heavy atom. The molecule has 1 rings (SSSR count). The average Bonchev–Trinajstić information content (AvgIpc) is 2.44. The van der Waals surface area contributed by atoms with Crippen molar-refractivity contribution in [2.45, 2.75) is 51.5 Å². The number of hydrogen-bond acceptors (Lipinski definition) is 3. The third-order valence-corrected chi connectivity index (χ3v) is 3.68. The molecule has 0 aliphatic heterocycles. The first-order valence-corrected chi connectivity index (χ1v) is 7.78. The lowest BCUT2D eigenvalue weighted by Gasteiger charge is -2.21. The molecular weight excluding hydrogens is 293 g/mol. The molecule has 3 nitrogen and oxygen atoms in total. The topological polar surface area (TPSA) is 55.5 Å². The van der Waals surface area contributed by atoms with Gasteiger partial charge in [-0.1, -0.05) is 31.4 Å². The zero-order chi connectivity index (χ0) is 15.9. The van der Waals surface area contributed by atoms with Gasteiger partial charge in [0.05, 0.1) is 18.2 Å². The number of ether oxygens (including phenoxy) is 1. The summed E-state index contributed by atoms with van der Waals surface area (Å²) in [6.45, 7) is 4.22. The second-order valence-electron chi connectivity index (χ2n) is 5.76. The van der Waals surface area contributed by atoms with Crippen molar-refractivity contribution in [3.63, 3.8) is 0 Å². The van der Waals surface area contributed by atoms with Gasteiger partial charge in [0.1, 0.15) is 0 Å². The van der Waals surface area contributed by atoms with Crippen LogP contribution in [0.15, 0.2) is 12.1 Å². The van der Waals surface area contributed by atoms with Crippen LogP contribution in [0.5, 0.6) is 5.75 Å². The summed E-state index contributed by atoms with van der Waals surface area (Å²) in [5.41, 5.74) is 5.95. The number of halogens is 2. The number of nitrogens with two attached hydrogens (primary N) is 1. The highest BCUT2D eigenvalue weighted by Gasteiger charge is 2.18. The van der Waals surface area contributed by atoms with Gasteiger partial charge in [-0.25, -0.2) is 4.39 Å². The van der Waals surface area contributed by atoms with E-state index in [0.29, 0.717) is 19.4 Å². The van der Waals surface area contributed by atoms with E-state index in [1.54, 1.807) is 13.0 Å². The summed E-state index contributed by atoms with van der Waals surface area (Å²) in [7, 11) is 0. The summed E-state index contributed by atoms with van der Waals surface area (Å²) >= 11 is 6.09. The van der Waals surface area contributed by atoms with E-state index in [4.69, 9.17) is 27.2 Å². The largest absolute Gasteiger partial charge is 0.489 e. The van der Waals surface area contributed by atoms with Gasteiger partial charge >= 0.3 is 0 Å². The number of benzene rings is 1. The molecule has 0 aromatic heterocycles. The molecule has 0 saturated heterocycles. The molecule has 0 heterocycles. The molecule has 0 bridgehead atoms. The predicted octanol–water partition coefficient (Wildman–Crippen LogP) is 3.69. The van der Waals surface area contributed by atoms with Crippen LogP contribution in [0.2, 0.25) is 5.02 Å². The Morgan fingerprint density at radius 3 is 2.67 bits per heavy atom.